The molecule has 4 rings (SSSR count). The maximum Gasteiger partial charge on any atom is 0.209 e. The number of rotatable bonds is 34. The highest BCUT2D eigenvalue weighted by Gasteiger charge is 2.45. The van der Waals surface area contributed by atoms with Gasteiger partial charge in [0.05, 0.1) is 5.41 Å². The van der Waals surface area contributed by atoms with Gasteiger partial charge in [0.2, 0.25) is 5.69 Å². The minimum Gasteiger partial charge on any atom is -0.195 e. The van der Waals surface area contributed by atoms with Gasteiger partial charge in [0.15, 0.2) is 12.3 Å². The summed E-state index contributed by atoms with van der Waals surface area (Å²) >= 11 is 0. The van der Waals surface area contributed by atoms with Crippen LogP contribution < -0.4 is 0 Å². The molecule has 0 N–H and O–H groups in total. The normalized spacial score (nSPS) is 18.4. The molecule has 1 aliphatic heterocycles. The molecule has 3 atom stereocenters. The van der Waals surface area contributed by atoms with E-state index < -0.39 is 0 Å². The molecule has 1 aliphatic carbocycles. The molecular formula is C60H98N+. The molecule has 0 saturated heterocycles. The molecule has 0 radical (unpaired) electrons. The third-order valence-electron chi connectivity index (χ3n) is 15.2. The van der Waals surface area contributed by atoms with Gasteiger partial charge in [-0.1, -0.05) is 275 Å². The van der Waals surface area contributed by atoms with Gasteiger partial charge in [0.25, 0.3) is 0 Å². The Labute approximate surface area is 380 Å². The number of para-hydroxylation sites is 1. The molecule has 0 fully saturated rings. The number of hydrogen-bond donors (Lipinski definition) is 0. The van der Waals surface area contributed by atoms with Crippen molar-refractivity contribution in [1.29, 1.82) is 0 Å². The van der Waals surface area contributed by atoms with Gasteiger partial charge in [0, 0.05) is 35.0 Å². The van der Waals surface area contributed by atoms with E-state index in [0.717, 1.165) is 12.5 Å². The summed E-state index contributed by atoms with van der Waals surface area (Å²) in [6, 6.07) is 18.6. The number of allylic oxidation sites excluding steroid dienone is 4. The van der Waals surface area contributed by atoms with Crippen LogP contribution in [-0.2, 0) is 10.8 Å². The summed E-state index contributed by atoms with van der Waals surface area (Å²) in [6.45, 7) is 20.6. The van der Waals surface area contributed by atoms with Crippen molar-refractivity contribution in [3.8, 4) is 0 Å². The van der Waals surface area contributed by atoms with E-state index in [9.17, 15) is 0 Å². The molecule has 0 aromatic heterocycles. The van der Waals surface area contributed by atoms with Gasteiger partial charge in [-0.25, -0.2) is 0 Å². The fourth-order valence-corrected chi connectivity index (χ4v) is 11.2. The first kappa shape index (κ1) is 51.2. The van der Waals surface area contributed by atoms with Gasteiger partial charge < -0.3 is 0 Å². The summed E-state index contributed by atoms with van der Waals surface area (Å²) in [7, 11) is 0. The first-order valence-corrected chi connectivity index (χ1v) is 26.8. The van der Waals surface area contributed by atoms with Crippen LogP contribution in [0.5, 0.6) is 0 Å². The van der Waals surface area contributed by atoms with Crippen LogP contribution in [0.2, 0.25) is 0 Å². The Morgan fingerprint density at radius 2 is 0.934 bits per heavy atom. The lowest BCUT2D eigenvalue weighted by Gasteiger charge is -2.26. The van der Waals surface area contributed by atoms with Crippen molar-refractivity contribution >= 4 is 11.4 Å². The Balaban J connectivity index is 1.31. The van der Waals surface area contributed by atoms with Crippen LogP contribution in [0.4, 0.5) is 5.69 Å². The van der Waals surface area contributed by atoms with Crippen LogP contribution in [0.15, 0.2) is 72.3 Å². The molecule has 2 aromatic carbocycles. The van der Waals surface area contributed by atoms with E-state index in [4.69, 9.17) is 0 Å². The minimum absolute atomic E-state index is 0.0171. The Morgan fingerprint density at radius 3 is 1.44 bits per heavy atom. The van der Waals surface area contributed by atoms with Crippen molar-refractivity contribution in [3.63, 3.8) is 0 Å². The fraction of sp³-hybridized carbons (Fsp3) is 0.717. The van der Waals surface area contributed by atoms with E-state index >= 15 is 0 Å². The third-order valence-corrected chi connectivity index (χ3v) is 15.2. The van der Waals surface area contributed by atoms with Gasteiger partial charge in [-0.15, -0.1) is 0 Å². The Kier molecular flexibility index (Phi) is 23.8. The number of hydrogen-bond acceptors (Lipinski definition) is 0. The van der Waals surface area contributed by atoms with E-state index in [-0.39, 0.29) is 10.8 Å². The molecule has 1 nitrogen and oxygen atoms in total. The molecule has 0 amide bonds. The van der Waals surface area contributed by atoms with Crippen LogP contribution in [0, 0.1) is 11.8 Å². The van der Waals surface area contributed by atoms with Gasteiger partial charge in [-0.05, 0) is 43.7 Å². The molecule has 0 saturated carbocycles. The quantitative estimate of drug-likeness (QED) is 0.0488. The average molecular weight is 833 g/mol. The largest absolute Gasteiger partial charge is 0.209 e. The van der Waals surface area contributed by atoms with E-state index in [0.29, 0.717) is 11.8 Å². The molecule has 61 heavy (non-hydrogen) atoms. The van der Waals surface area contributed by atoms with E-state index in [2.05, 4.69) is 127 Å². The maximum absolute atomic E-state index is 2.70. The van der Waals surface area contributed by atoms with Gasteiger partial charge >= 0.3 is 0 Å². The zero-order valence-corrected chi connectivity index (χ0v) is 41.7. The summed E-state index contributed by atoms with van der Waals surface area (Å²) in [5.41, 5.74) is 9.11. The molecule has 3 unspecified atom stereocenters. The zero-order valence-electron chi connectivity index (χ0n) is 41.7. The van der Waals surface area contributed by atoms with Crippen molar-refractivity contribution in [2.75, 3.05) is 6.54 Å². The van der Waals surface area contributed by atoms with Crippen LogP contribution in [0.3, 0.4) is 0 Å². The van der Waals surface area contributed by atoms with E-state index in [1.54, 1.807) is 11.1 Å². The van der Waals surface area contributed by atoms with Crippen molar-refractivity contribution in [2.45, 2.75) is 258 Å². The molecular weight excluding hydrogens is 735 g/mol. The zero-order chi connectivity index (χ0) is 43.8. The van der Waals surface area contributed by atoms with Gasteiger partial charge in [-0.2, -0.15) is 4.58 Å². The van der Waals surface area contributed by atoms with Crippen molar-refractivity contribution < 1.29 is 4.58 Å². The van der Waals surface area contributed by atoms with Crippen LogP contribution in [0.1, 0.15) is 264 Å². The molecule has 0 bridgehead atoms. The first-order chi connectivity index (χ1) is 29.6. The lowest BCUT2D eigenvalue weighted by atomic mass is 9.78. The third kappa shape index (κ3) is 16.6. The van der Waals surface area contributed by atoms with Gasteiger partial charge in [-0.3, -0.25) is 0 Å². The SMILES string of the molecule is CCCCCCCCCCCCCCCC(C)CC1/C(=C/C=C/C2=[N+](CC(C)CCCCCCCCCCCCCCC)c3ccccc3C2(C)C)C(C)(C)c2ccccc21. The summed E-state index contributed by atoms with van der Waals surface area (Å²) < 4.78 is 2.70. The summed E-state index contributed by atoms with van der Waals surface area (Å²) in [5.74, 6) is 1.90. The summed E-state index contributed by atoms with van der Waals surface area (Å²) in [6.07, 6.45) is 48.5. The second kappa shape index (κ2) is 28.4. The fourth-order valence-electron chi connectivity index (χ4n) is 11.2. The monoisotopic (exact) mass is 833 g/mol. The summed E-state index contributed by atoms with van der Waals surface area (Å²) in [5, 5.41) is 0. The van der Waals surface area contributed by atoms with Crippen LogP contribution in [-0.4, -0.2) is 16.8 Å². The highest BCUT2D eigenvalue weighted by Crippen LogP contribution is 2.52. The minimum atomic E-state index is -0.0171. The lowest BCUT2D eigenvalue weighted by molar-refractivity contribution is -0.446. The van der Waals surface area contributed by atoms with Crippen LogP contribution in [0.25, 0.3) is 0 Å². The molecule has 2 aromatic rings. The molecule has 342 valence electrons. The maximum atomic E-state index is 2.70. The number of benzene rings is 2. The predicted octanol–water partition coefficient (Wildman–Crippen LogP) is 19.2. The van der Waals surface area contributed by atoms with Crippen molar-refractivity contribution in [2.24, 2.45) is 11.8 Å². The van der Waals surface area contributed by atoms with Crippen molar-refractivity contribution in [1.82, 2.24) is 0 Å². The standard InChI is InChI=1S/C60H98N/c1-9-11-13-15-17-19-21-23-25-27-29-31-33-40-50(3)48-53-52-42-35-36-43-54(52)59(5,6)55(53)45-39-47-58-60(7,8)56-44-37-38-46-57(56)61(58)49-51(4)41-34-32-30-28-26-24-22-20-18-16-14-12-10-2/h35-39,42-47,50-51,53H,9-34,40-41,48-49H2,1-8H3/q+1/b47-39+,55-45-. The Hall–Kier alpha value is -2.41. The second-order valence-corrected chi connectivity index (χ2v) is 21.4. The average Bonchev–Trinajstić information content (AvgIpc) is 3.59. The van der Waals surface area contributed by atoms with Crippen molar-refractivity contribution in [3.05, 3.63) is 89.0 Å². The number of unbranched alkanes of at least 4 members (excludes halogenated alkanes) is 24. The Bertz CT molecular complexity index is 1580. The highest BCUT2D eigenvalue weighted by atomic mass is 15.1. The smallest absolute Gasteiger partial charge is 0.195 e. The second-order valence-electron chi connectivity index (χ2n) is 21.4. The number of nitrogens with zero attached hydrogens (tertiary/aromatic N) is 1. The summed E-state index contributed by atoms with van der Waals surface area (Å²) in [4.78, 5) is 0. The predicted molar refractivity (Wildman–Crippen MR) is 272 cm³/mol. The molecule has 0 spiro atoms. The van der Waals surface area contributed by atoms with E-state index in [1.807, 2.05) is 0 Å². The molecule has 1 heterocycles. The topological polar surface area (TPSA) is 3.01 Å². The molecule has 1 heteroatoms. The number of fused-ring (bicyclic) bond motifs is 2. The van der Waals surface area contributed by atoms with Crippen LogP contribution >= 0.6 is 0 Å². The molecule has 2 aliphatic rings. The Morgan fingerprint density at radius 1 is 0.508 bits per heavy atom. The van der Waals surface area contributed by atoms with E-state index in [1.165, 1.54) is 209 Å². The highest BCUT2D eigenvalue weighted by molar-refractivity contribution is 6.03. The first-order valence-electron chi connectivity index (χ1n) is 26.8. The lowest BCUT2D eigenvalue weighted by Crippen LogP contribution is -2.29. The van der Waals surface area contributed by atoms with Gasteiger partial charge in [0.1, 0.15) is 0 Å².